The number of para-hydroxylation sites is 2. The summed E-state index contributed by atoms with van der Waals surface area (Å²) in [6.45, 7) is 5.59. The number of nitrogens with zero attached hydrogens (tertiary/aromatic N) is 3. The first kappa shape index (κ1) is 24.7. The lowest BCUT2D eigenvalue weighted by Crippen LogP contribution is -2.44. The number of amides is 1. The van der Waals surface area contributed by atoms with Crippen LogP contribution in [0.2, 0.25) is 0 Å². The van der Waals surface area contributed by atoms with E-state index in [2.05, 4.69) is 41.4 Å². The van der Waals surface area contributed by atoms with Crippen molar-refractivity contribution in [3.8, 4) is 0 Å². The van der Waals surface area contributed by atoms with Crippen LogP contribution in [0.3, 0.4) is 0 Å². The summed E-state index contributed by atoms with van der Waals surface area (Å²) >= 11 is 0. The van der Waals surface area contributed by atoms with Gasteiger partial charge >= 0.3 is 11.1 Å². The van der Waals surface area contributed by atoms with Crippen LogP contribution < -0.4 is 16.4 Å². The Morgan fingerprint density at radius 3 is 2.16 bits per heavy atom. The molecule has 7 nitrogen and oxygen atoms in total. The number of aromatic nitrogens is 2. The Hall–Kier alpha value is -3.97. The summed E-state index contributed by atoms with van der Waals surface area (Å²) in [5, 5.41) is 3.00. The van der Waals surface area contributed by atoms with Crippen molar-refractivity contribution in [1.29, 1.82) is 0 Å². The third-order valence-electron chi connectivity index (χ3n) is 7.11. The molecule has 1 atom stereocenters. The van der Waals surface area contributed by atoms with Crippen molar-refractivity contribution >= 4 is 16.9 Å². The largest absolute Gasteiger partial charge is 0.354 e. The quantitative estimate of drug-likeness (QED) is 0.380. The molecule has 0 saturated carbocycles. The van der Waals surface area contributed by atoms with E-state index < -0.39 is 11.1 Å². The molecule has 0 unspecified atom stereocenters. The zero-order chi connectivity index (χ0) is 25.8. The van der Waals surface area contributed by atoms with E-state index in [1.165, 1.54) is 20.3 Å². The van der Waals surface area contributed by atoms with E-state index in [4.69, 9.17) is 0 Å². The third-order valence-corrected chi connectivity index (χ3v) is 7.11. The van der Waals surface area contributed by atoms with E-state index in [-0.39, 0.29) is 12.5 Å². The number of carbonyl (C=O) groups is 1. The Balaban J connectivity index is 1.25. The normalized spacial score (nSPS) is 15.8. The summed E-state index contributed by atoms with van der Waals surface area (Å²) in [5.41, 5.74) is 3.37. The molecule has 0 aliphatic carbocycles. The lowest BCUT2D eigenvalue weighted by molar-refractivity contribution is -0.121. The van der Waals surface area contributed by atoms with Gasteiger partial charge < -0.3 is 5.32 Å². The van der Waals surface area contributed by atoms with E-state index >= 15 is 0 Å². The van der Waals surface area contributed by atoms with Gasteiger partial charge in [-0.25, -0.2) is 0 Å². The van der Waals surface area contributed by atoms with Gasteiger partial charge in [-0.1, -0.05) is 72.3 Å². The van der Waals surface area contributed by atoms with Crippen LogP contribution >= 0.6 is 0 Å². The number of carbonyl (C=O) groups excluding carboxylic acids is 1. The number of aryl methyl sites for hydroxylation is 1. The molecule has 4 aromatic rings. The van der Waals surface area contributed by atoms with Gasteiger partial charge in [-0.3, -0.25) is 28.4 Å². The summed E-state index contributed by atoms with van der Waals surface area (Å²) in [7, 11) is 0. The average Bonchev–Trinajstić information content (AvgIpc) is 3.37. The minimum absolute atomic E-state index is 0.180. The molecule has 1 fully saturated rings. The van der Waals surface area contributed by atoms with Crippen LogP contribution in [0.15, 0.2) is 88.5 Å². The number of hydrogen-bond donors (Lipinski definition) is 1. The lowest BCUT2D eigenvalue weighted by atomic mass is 10.1. The molecule has 1 amide bonds. The van der Waals surface area contributed by atoms with Gasteiger partial charge in [0.05, 0.1) is 17.6 Å². The predicted molar refractivity (Wildman–Crippen MR) is 146 cm³/mol. The Labute approximate surface area is 216 Å². The maximum atomic E-state index is 13.1. The molecule has 1 saturated heterocycles. The summed E-state index contributed by atoms with van der Waals surface area (Å²) in [6, 6.07) is 25.4. The molecule has 1 N–H and O–H groups in total. The zero-order valence-corrected chi connectivity index (χ0v) is 21.1. The maximum Gasteiger partial charge on any atom is 0.317 e. The molecule has 1 aliphatic heterocycles. The van der Waals surface area contributed by atoms with Gasteiger partial charge in [-0.2, -0.15) is 0 Å². The SMILES string of the molecule is Cc1ccc(CN2CC[C@H](CNC(=O)Cn3c(=O)c(=O)n(Cc4ccccc4)c4ccccc43)C2)cc1. The van der Waals surface area contributed by atoms with Gasteiger partial charge in [0.2, 0.25) is 5.91 Å². The molecule has 190 valence electrons. The summed E-state index contributed by atoms with van der Waals surface area (Å²) < 4.78 is 2.79. The van der Waals surface area contributed by atoms with E-state index in [1.807, 2.05) is 48.5 Å². The highest BCUT2D eigenvalue weighted by atomic mass is 16.2. The topological polar surface area (TPSA) is 76.3 Å². The first-order valence-corrected chi connectivity index (χ1v) is 12.8. The van der Waals surface area contributed by atoms with Crippen LogP contribution in [0, 0.1) is 12.8 Å². The van der Waals surface area contributed by atoms with Crippen molar-refractivity contribution in [2.24, 2.45) is 5.92 Å². The zero-order valence-electron chi connectivity index (χ0n) is 21.1. The molecule has 0 spiro atoms. The Bertz CT molecular complexity index is 1510. The monoisotopic (exact) mass is 496 g/mol. The molecule has 37 heavy (non-hydrogen) atoms. The van der Waals surface area contributed by atoms with Crippen LogP contribution in [0.5, 0.6) is 0 Å². The van der Waals surface area contributed by atoms with Gasteiger partial charge in [-0.15, -0.1) is 0 Å². The van der Waals surface area contributed by atoms with Crippen LogP contribution in [0.1, 0.15) is 23.1 Å². The Morgan fingerprint density at radius 2 is 1.43 bits per heavy atom. The van der Waals surface area contributed by atoms with Crippen LogP contribution in [0.25, 0.3) is 11.0 Å². The number of likely N-dealkylation sites (tertiary alicyclic amines) is 1. The number of fused-ring (bicyclic) bond motifs is 1. The molecule has 7 heteroatoms. The van der Waals surface area contributed by atoms with Gasteiger partial charge in [0.25, 0.3) is 0 Å². The highest BCUT2D eigenvalue weighted by Crippen LogP contribution is 2.18. The fourth-order valence-electron chi connectivity index (χ4n) is 5.08. The summed E-state index contributed by atoms with van der Waals surface area (Å²) in [4.78, 5) is 41.4. The molecule has 2 heterocycles. The lowest BCUT2D eigenvalue weighted by Gasteiger charge is -2.17. The average molecular weight is 497 g/mol. The Kier molecular flexibility index (Phi) is 7.32. The van der Waals surface area contributed by atoms with E-state index in [9.17, 15) is 14.4 Å². The number of nitrogens with one attached hydrogen (secondary N) is 1. The molecule has 0 bridgehead atoms. The first-order chi connectivity index (χ1) is 18.0. The van der Waals surface area contributed by atoms with Gasteiger partial charge in [-0.05, 0) is 49.1 Å². The van der Waals surface area contributed by atoms with Gasteiger partial charge in [0.15, 0.2) is 0 Å². The summed E-state index contributed by atoms with van der Waals surface area (Å²) in [5.74, 6) is 0.103. The van der Waals surface area contributed by atoms with Crippen LogP contribution in [-0.2, 0) is 24.4 Å². The van der Waals surface area contributed by atoms with Crippen LogP contribution in [0.4, 0.5) is 0 Å². The fourth-order valence-corrected chi connectivity index (χ4v) is 5.08. The van der Waals surface area contributed by atoms with Crippen molar-refractivity contribution in [3.05, 3.63) is 116 Å². The molecular formula is C30H32N4O3. The van der Waals surface area contributed by atoms with Crippen molar-refractivity contribution in [2.75, 3.05) is 19.6 Å². The molecule has 5 rings (SSSR count). The number of rotatable bonds is 8. The Morgan fingerprint density at radius 1 is 0.811 bits per heavy atom. The minimum atomic E-state index is -0.685. The molecule has 3 aromatic carbocycles. The molecule has 1 aliphatic rings. The second kappa shape index (κ2) is 11.0. The smallest absolute Gasteiger partial charge is 0.317 e. The van der Waals surface area contributed by atoms with E-state index in [0.717, 1.165) is 31.6 Å². The van der Waals surface area contributed by atoms with Crippen molar-refractivity contribution in [2.45, 2.75) is 33.0 Å². The second-order valence-electron chi connectivity index (χ2n) is 9.94. The van der Waals surface area contributed by atoms with E-state index in [1.54, 1.807) is 6.07 Å². The van der Waals surface area contributed by atoms with Gasteiger partial charge in [0.1, 0.15) is 6.54 Å². The highest BCUT2D eigenvalue weighted by molar-refractivity contribution is 5.80. The fraction of sp³-hybridized carbons (Fsp3) is 0.300. The highest BCUT2D eigenvalue weighted by Gasteiger charge is 2.23. The second-order valence-corrected chi connectivity index (χ2v) is 9.94. The molecule has 1 aromatic heterocycles. The number of benzene rings is 3. The van der Waals surface area contributed by atoms with Crippen molar-refractivity contribution in [1.82, 2.24) is 19.4 Å². The third kappa shape index (κ3) is 5.73. The van der Waals surface area contributed by atoms with Gasteiger partial charge in [0, 0.05) is 19.6 Å². The first-order valence-electron chi connectivity index (χ1n) is 12.8. The van der Waals surface area contributed by atoms with Crippen molar-refractivity contribution < 1.29 is 4.79 Å². The molecular weight excluding hydrogens is 464 g/mol. The minimum Gasteiger partial charge on any atom is -0.354 e. The standard InChI is InChI=1S/C30H32N4O3/c1-22-11-13-24(14-12-22)18-32-16-15-25(19-32)17-31-28(35)21-34-27-10-6-5-9-26(27)33(29(36)30(34)37)20-23-7-3-2-4-8-23/h2-14,25H,15-21H2,1H3,(H,31,35)/t25-/m1/s1. The maximum absolute atomic E-state index is 13.1. The van der Waals surface area contributed by atoms with E-state index in [0.29, 0.717) is 30.0 Å². The number of hydrogen-bond acceptors (Lipinski definition) is 4. The van der Waals surface area contributed by atoms with Crippen molar-refractivity contribution in [3.63, 3.8) is 0 Å². The predicted octanol–water partition coefficient (Wildman–Crippen LogP) is 3.16. The van der Waals surface area contributed by atoms with Crippen LogP contribution in [-0.4, -0.2) is 39.6 Å². The summed E-state index contributed by atoms with van der Waals surface area (Å²) in [6.07, 6.45) is 1.02. The molecule has 0 radical (unpaired) electrons.